The second kappa shape index (κ2) is 8.56. The highest BCUT2D eigenvalue weighted by Gasteiger charge is 2.47. The van der Waals surface area contributed by atoms with Crippen molar-refractivity contribution in [1.82, 2.24) is 0 Å². The van der Waals surface area contributed by atoms with Crippen molar-refractivity contribution in [3.63, 3.8) is 0 Å². The van der Waals surface area contributed by atoms with Crippen LogP contribution in [-0.4, -0.2) is 51.6 Å². The highest BCUT2D eigenvalue weighted by atomic mass is 16.8. The number of carbonyl (C=O) groups is 3. The zero-order chi connectivity index (χ0) is 20.0. The minimum atomic E-state index is -3.42. The molecule has 0 aromatic rings. The van der Waals surface area contributed by atoms with Crippen LogP contribution in [0.5, 0.6) is 0 Å². The quantitative estimate of drug-likeness (QED) is 0.296. The fourth-order valence-electron chi connectivity index (χ4n) is 1.38. The lowest BCUT2D eigenvalue weighted by molar-refractivity contribution is -0.357. The van der Waals surface area contributed by atoms with Gasteiger partial charge in [-0.3, -0.25) is 0 Å². The standard InChI is InChI=1S/C16H22O9/c1-9(2)12(17)23-8-15(7-16(20,21)22,24-13(18)10(3)4)25-14(19)11(5)6/h20-22H,1,3,5,7-8H2,2,4,6H3. The molecule has 0 atom stereocenters. The Morgan fingerprint density at radius 2 is 1.16 bits per heavy atom. The molecule has 0 aliphatic heterocycles. The van der Waals surface area contributed by atoms with Crippen molar-refractivity contribution < 1.29 is 43.9 Å². The molecular weight excluding hydrogens is 336 g/mol. The Hall–Kier alpha value is -2.49. The monoisotopic (exact) mass is 358 g/mol. The molecule has 0 aliphatic rings. The maximum atomic E-state index is 11.8. The molecule has 0 fully saturated rings. The summed E-state index contributed by atoms with van der Waals surface area (Å²) in [6, 6.07) is 0. The molecule has 0 aromatic heterocycles. The van der Waals surface area contributed by atoms with Gasteiger partial charge < -0.3 is 29.5 Å². The van der Waals surface area contributed by atoms with Gasteiger partial charge in [-0.05, 0) is 20.8 Å². The molecule has 25 heavy (non-hydrogen) atoms. The van der Waals surface area contributed by atoms with E-state index in [9.17, 15) is 29.7 Å². The zero-order valence-electron chi connectivity index (χ0n) is 14.3. The summed E-state index contributed by atoms with van der Waals surface area (Å²) in [5, 5.41) is 27.8. The lowest BCUT2D eigenvalue weighted by Crippen LogP contribution is -2.51. The van der Waals surface area contributed by atoms with Crippen LogP contribution < -0.4 is 0 Å². The second-order valence-electron chi connectivity index (χ2n) is 5.56. The van der Waals surface area contributed by atoms with E-state index in [2.05, 4.69) is 19.7 Å². The molecule has 0 rings (SSSR count). The number of hydrogen-bond donors (Lipinski definition) is 3. The Labute approximate surface area is 144 Å². The largest absolute Gasteiger partial charge is 0.454 e. The average Bonchev–Trinajstić information content (AvgIpc) is 2.42. The Morgan fingerprint density at radius 3 is 1.44 bits per heavy atom. The first kappa shape index (κ1) is 22.5. The summed E-state index contributed by atoms with van der Waals surface area (Å²) in [6.45, 7) is 12.9. The van der Waals surface area contributed by atoms with E-state index in [1.165, 1.54) is 20.8 Å². The molecule has 0 aliphatic carbocycles. The number of ether oxygens (including phenoxy) is 3. The Bertz CT molecular complexity index is 567. The fraction of sp³-hybridized carbons (Fsp3) is 0.438. The molecule has 0 radical (unpaired) electrons. The summed E-state index contributed by atoms with van der Waals surface area (Å²) in [7, 11) is 0. The first-order chi connectivity index (χ1) is 11.2. The molecule has 0 bridgehead atoms. The molecule has 0 heterocycles. The van der Waals surface area contributed by atoms with Crippen molar-refractivity contribution in [3.05, 3.63) is 36.5 Å². The van der Waals surface area contributed by atoms with Gasteiger partial charge in [0.1, 0.15) is 6.42 Å². The van der Waals surface area contributed by atoms with E-state index in [1.54, 1.807) is 0 Å². The Morgan fingerprint density at radius 1 is 0.800 bits per heavy atom. The fourth-order valence-corrected chi connectivity index (χ4v) is 1.38. The van der Waals surface area contributed by atoms with Gasteiger partial charge in [-0.2, -0.15) is 0 Å². The molecule has 0 saturated carbocycles. The maximum absolute atomic E-state index is 11.8. The van der Waals surface area contributed by atoms with Crippen LogP contribution >= 0.6 is 0 Å². The molecule has 9 heteroatoms. The summed E-state index contributed by atoms with van der Waals surface area (Å²) < 4.78 is 14.6. The van der Waals surface area contributed by atoms with Gasteiger partial charge in [-0.25, -0.2) is 14.4 Å². The highest BCUT2D eigenvalue weighted by Crippen LogP contribution is 2.27. The summed E-state index contributed by atoms with van der Waals surface area (Å²) >= 11 is 0. The van der Waals surface area contributed by atoms with Crippen molar-refractivity contribution in [2.45, 2.75) is 39.0 Å². The lowest BCUT2D eigenvalue weighted by Gasteiger charge is -2.34. The summed E-state index contributed by atoms with van der Waals surface area (Å²) in [5.74, 6) is -9.08. The predicted octanol–water partition coefficient (Wildman–Crippen LogP) is 0.0614. The van der Waals surface area contributed by atoms with E-state index in [0.29, 0.717) is 0 Å². The van der Waals surface area contributed by atoms with Gasteiger partial charge in [0.15, 0.2) is 6.61 Å². The van der Waals surface area contributed by atoms with Crippen LogP contribution in [0.2, 0.25) is 0 Å². The van der Waals surface area contributed by atoms with E-state index in [4.69, 9.17) is 14.2 Å². The SMILES string of the molecule is C=C(C)C(=O)OCC(CC(O)(O)O)(OC(=O)C(=C)C)OC(=O)C(=C)C. The van der Waals surface area contributed by atoms with Gasteiger partial charge in [0.05, 0.1) is 0 Å². The van der Waals surface area contributed by atoms with Crippen molar-refractivity contribution in [3.8, 4) is 0 Å². The summed E-state index contributed by atoms with van der Waals surface area (Å²) in [6.07, 6.45) is -1.23. The van der Waals surface area contributed by atoms with Gasteiger partial charge in [0, 0.05) is 16.7 Å². The van der Waals surface area contributed by atoms with E-state index in [-0.39, 0.29) is 16.7 Å². The molecule has 3 N–H and O–H groups in total. The van der Waals surface area contributed by atoms with Gasteiger partial charge >= 0.3 is 17.9 Å². The van der Waals surface area contributed by atoms with Crippen LogP contribution in [-0.2, 0) is 28.6 Å². The molecule has 0 unspecified atom stereocenters. The van der Waals surface area contributed by atoms with E-state index < -0.39 is 42.7 Å². The van der Waals surface area contributed by atoms with Crippen LogP contribution in [0.1, 0.15) is 27.2 Å². The van der Waals surface area contributed by atoms with Gasteiger partial charge in [-0.15, -0.1) is 0 Å². The maximum Gasteiger partial charge on any atom is 0.336 e. The third kappa shape index (κ3) is 8.25. The molecule has 0 aromatic carbocycles. The number of aliphatic hydroxyl groups is 3. The number of esters is 3. The molecule has 9 nitrogen and oxygen atoms in total. The second-order valence-corrected chi connectivity index (χ2v) is 5.56. The van der Waals surface area contributed by atoms with Crippen LogP contribution in [0.4, 0.5) is 0 Å². The van der Waals surface area contributed by atoms with Crippen LogP contribution in [0.15, 0.2) is 36.5 Å². The average molecular weight is 358 g/mol. The van der Waals surface area contributed by atoms with E-state index in [1.807, 2.05) is 0 Å². The minimum absolute atomic E-state index is 0.0189. The first-order valence-corrected chi connectivity index (χ1v) is 6.96. The molecule has 140 valence electrons. The zero-order valence-corrected chi connectivity index (χ0v) is 14.3. The van der Waals surface area contributed by atoms with E-state index in [0.717, 1.165) is 0 Å². The minimum Gasteiger partial charge on any atom is -0.454 e. The van der Waals surface area contributed by atoms with Crippen LogP contribution in [0.3, 0.4) is 0 Å². The van der Waals surface area contributed by atoms with Gasteiger partial charge in [-0.1, -0.05) is 19.7 Å². The van der Waals surface area contributed by atoms with Crippen molar-refractivity contribution >= 4 is 17.9 Å². The smallest absolute Gasteiger partial charge is 0.336 e. The third-order valence-corrected chi connectivity index (χ3v) is 2.53. The van der Waals surface area contributed by atoms with Crippen LogP contribution in [0, 0.1) is 0 Å². The normalized spacial score (nSPS) is 11.3. The molecular formula is C16H22O9. The Balaban J connectivity index is 5.82. The third-order valence-electron chi connectivity index (χ3n) is 2.53. The predicted molar refractivity (Wildman–Crippen MR) is 84.3 cm³/mol. The topological polar surface area (TPSA) is 140 Å². The molecule has 0 spiro atoms. The van der Waals surface area contributed by atoms with E-state index >= 15 is 0 Å². The number of hydrogen-bond acceptors (Lipinski definition) is 9. The van der Waals surface area contributed by atoms with Crippen molar-refractivity contribution in [2.75, 3.05) is 6.61 Å². The van der Waals surface area contributed by atoms with Gasteiger partial charge in [0.2, 0.25) is 0 Å². The first-order valence-electron chi connectivity index (χ1n) is 6.96. The summed E-state index contributed by atoms with van der Waals surface area (Å²) in [4.78, 5) is 35.2. The summed E-state index contributed by atoms with van der Waals surface area (Å²) in [5.41, 5.74) is -0.266. The lowest BCUT2D eigenvalue weighted by atomic mass is 10.1. The van der Waals surface area contributed by atoms with Crippen molar-refractivity contribution in [1.29, 1.82) is 0 Å². The molecule has 0 amide bonds. The van der Waals surface area contributed by atoms with Crippen molar-refractivity contribution in [2.24, 2.45) is 0 Å². The Kier molecular flexibility index (Phi) is 7.71. The highest BCUT2D eigenvalue weighted by molar-refractivity contribution is 5.89. The van der Waals surface area contributed by atoms with Crippen LogP contribution in [0.25, 0.3) is 0 Å². The molecule has 0 saturated heterocycles. The van der Waals surface area contributed by atoms with Gasteiger partial charge in [0.25, 0.3) is 11.8 Å². The number of carbonyl (C=O) groups excluding carboxylic acids is 3. The number of rotatable bonds is 9.